The molecule has 2 fully saturated rings. The molecule has 14 heavy (non-hydrogen) atoms. The average molecular weight is 218 g/mol. The van der Waals surface area contributed by atoms with Crippen LogP contribution >= 0.6 is 0 Å². The standard InChI is InChI=1S/C9H18N2O2S/c10-7-1-3-8(4-2-7)11-14(12,13)9-5-6-9/h7-9,11H,1-6,10H2. The largest absolute Gasteiger partial charge is 0.328 e. The van der Waals surface area contributed by atoms with E-state index in [4.69, 9.17) is 5.73 Å². The van der Waals surface area contributed by atoms with Crippen molar-refractivity contribution in [3.05, 3.63) is 0 Å². The van der Waals surface area contributed by atoms with Crippen LogP contribution in [-0.4, -0.2) is 25.8 Å². The second-order valence-corrected chi connectivity index (χ2v) is 6.47. The molecule has 0 saturated heterocycles. The average Bonchev–Trinajstić information content (AvgIpc) is 2.91. The Morgan fingerprint density at radius 3 is 2.07 bits per heavy atom. The normalized spacial score (nSPS) is 34.4. The fourth-order valence-corrected chi connectivity index (χ4v) is 3.59. The van der Waals surface area contributed by atoms with E-state index >= 15 is 0 Å². The van der Waals surface area contributed by atoms with E-state index in [1.54, 1.807) is 0 Å². The first-order valence-electron chi connectivity index (χ1n) is 5.34. The summed E-state index contributed by atoms with van der Waals surface area (Å²) in [6, 6.07) is 0.414. The van der Waals surface area contributed by atoms with Crippen LogP contribution < -0.4 is 10.5 Å². The van der Waals surface area contributed by atoms with Gasteiger partial charge < -0.3 is 5.73 Å². The summed E-state index contributed by atoms with van der Waals surface area (Å²) in [4.78, 5) is 0. The molecule has 0 atom stereocenters. The molecule has 4 nitrogen and oxygen atoms in total. The maximum Gasteiger partial charge on any atom is 0.214 e. The summed E-state index contributed by atoms with van der Waals surface area (Å²) >= 11 is 0. The molecule has 0 radical (unpaired) electrons. The summed E-state index contributed by atoms with van der Waals surface area (Å²) in [5.74, 6) is 0. The van der Waals surface area contributed by atoms with Crippen molar-refractivity contribution >= 4 is 10.0 Å². The van der Waals surface area contributed by atoms with Crippen LogP contribution in [0.4, 0.5) is 0 Å². The van der Waals surface area contributed by atoms with Crippen molar-refractivity contribution < 1.29 is 8.42 Å². The molecule has 0 aromatic heterocycles. The second-order valence-electron chi connectivity index (χ2n) is 4.47. The molecule has 2 aliphatic rings. The van der Waals surface area contributed by atoms with Gasteiger partial charge in [-0.25, -0.2) is 13.1 Å². The smallest absolute Gasteiger partial charge is 0.214 e. The van der Waals surface area contributed by atoms with Gasteiger partial charge in [0.05, 0.1) is 5.25 Å². The lowest BCUT2D eigenvalue weighted by Crippen LogP contribution is -2.41. The van der Waals surface area contributed by atoms with Gasteiger partial charge in [-0.15, -0.1) is 0 Å². The Bertz CT molecular complexity index is 290. The summed E-state index contributed by atoms with van der Waals surface area (Å²) < 4.78 is 26.0. The lowest BCUT2D eigenvalue weighted by atomic mass is 9.93. The monoisotopic (exact) mass is 218 g/mol. The summed E-state index contributed by atoms with van der Waals surface area (Å²) in [6.45, 7) is 0. The molecule has 0 bridgehead atoms. The van der Waals surface area contributed by atoms with E-state index in [9.17, 15) is 8.42 Å². The Morgan fingerprint density at radius 2 is 1.57 bits per heavy atom. The molecule has 0 spiro atoms. The van der Waals surface area contributed by atoms with Crippen molar-refractivity contribution in [3.63, 3.8) is 0 Å². The van der Waals surface area contributed by atoms with E-state index in [0.717, 1.165) is 38.5 Å². The number of nitrogens with two attached hydrogens (primary N) is 1. The fraction of sp³-hybridized carbons (Fsp3) is 1.00. The minimum absolute atomic E-state index is 0.0990. The molecule has 82 valence electrons. The number of hydrogen-bond donors (Lipinski definition) is 2. The summed E-state index contributed by atoms with van der Waals surface area (Å²) in [5, 5.41) is -0.0990. The van der Waals surface area contributed by atoms with Crippen LogP contribution in [0.5, 0.6) is 0 Å². The van der Waals surface area contributed by atoms with Gasteiger partial charge in [-0.3, -0.25) is 0 Å². The summed E-state index contributed by atoms with van der Waals surface area (Å²) in [7, 11) is -3.00. The van der Waals surface area contributed by atoms with E-state index in [1.165, 1.54) is 0 Å². The van der Waals surface area contributed by atoms with Crippen molar-refractivity contribution in [2.24, 2.45) is 5.73 Å². The Morgan fingerprint density at radius 1 is 1.00 bits per heavy atom. The highest BCUT2D eigenvalue weighted by Crippen LogP contribution is 2.29. The highest BCUT2D eigenvalue weighted by molar-refractivity contribution is 7.90. The molecule has 0 unspecified atom stereocenters. The fourth-order valence-electron chi connectivity index (χ4n) is 1.94. The SMILES string of the molecule is NC1CCC(NS(=O)(=O)C2CC2)CC1. The van der Waals surface area contributed by atoms with E-state index < -0.39 is 10.0 Å². The predicted octanol–water partition coefficient (Wildman–Crippen LogP) is 0.338. The lowest BCUT2D eigenvalue weighted by Gasteiger charge is -2.26. The zero-order valence-corrected chi connectivity index (χ0v) is 9.09. The number of rotatable bonds is 3. The van der Waals surface area contributed by atoms with Gasteiger partial charge in [0.25, 0.3) is 0 Å². The van der Waals surface area contributed by atoms with Gasteiger partial charge in [-0.1, -0.05) is 0 Å². The zero-order valence-electron chi connectivity index (χ0n) is 8.28. The van der Waals surface area contributed by atoms with Gasteiger partial charge in [-0.2, -0.15) is 0 Å². The molecular weight excluding hydrogens is 200 g/mol. The minimum Gasteiger partial charge on any atom is -0.328 e. The number of nitrogens with one attached hydrogen (secondary N) is 1. The third-order valence-corrected chi connectivity index (χ3v) is 5.08. The predicted molar refractivity (Wildman–Crippen MR) is 55.3 cm³/mol. The molecule has 0 heterocycles. The van der Waals surface area contributed by atoms with Crippen LogP contribution in [0.3, 0.4) is 0 Å². The van der Waals surface area contributed by atoms with Gasteiger partial charge in [-0.05, 0) is 38.5 Å². The van der Waals surface area contributed by atoms with Gasteiger partial charge in [0.15, 0.2) is 0 Å². The van der Waals surface area contributed by atoms with Crippen molar-refractivity contribution in [2.75, 3.05) is 0 Å². The highest BCUT2D eigenvalue weighted by atomic mass is 32.2. The third kappa shape index (κ3) is 2.46. The van der Waals surface area contributed by atoms with E-state index in [2.05, 4.69) is 4.72 Å². The molecule has 0 aromatic carbocycles. The highest BCUT2D eigenvalue weighted by Gasteiger charge is 2.37. The molecule has 0 aliphatic heterocycles. The molecule has 2 saturated carbocycles. The van der Waals surface area contributed by atoms with Crippen molar-refractivity contribution in [2.45, 2.75) is 55.9 Å². The summed E-state index contributed by atoms with van der Waals surface area (Å²) in [6.07, 6.45) is 5.35. The van der Waals surface area contributed by atoms with Crippen molar-refractivity contribution in [3.8, 4) is 0 Å². The van der Waals surface area contributed by atoms with Crippen LogP contribution in [0.15, 0.2) is 0 Å². The molecule has 5 heteroatoms. The van der Waals surface area contributed by atoms with E-state index in [-0.39, 0.29) is 17.3 Å². The molecular formula is C9H18N2O2S. The Kier molecular flexibility index (Phi) is 2.81. The van der Waals surface area contributed by atoms with Crippen LogP contribution in [0.2, 0.25) is 0 Å². The minimum atomic E-state index is -3.00. The first-order valence-corrected chi connectivity index (χ1v) is 6.89. The van der Waals surface area contributed by atoms with Crippen molar-refractivity contribution in [1.82, 2.24) is 4.72 Å². The lowest BCUT2D eigenvalue weighted by molar-refractivity contribution is 0.373. The Hall–Kier alpha value is -0.130. The molecule has 2 aliphatic carbocycles. The molecule has 0 aromatic rings. The first-order chi connectivity index (χ1) is 6.58. The quantitative estimate of drug-likeness (QED) is 0.717. The van der Waals surface area contributed by atoms with Crippen LogP contribution in [-0.2, 0) is 10.0 Å². The van der Waals surface area contributed by atoms with Gasteiger partial charge >= 0.3 is 0 Å². The maximum absolute atomic E-state index is 11.6. The molecule has 0 amide bonds. The van der Waals surface area contributed by atoms with E-state index in [1.807, 2.05) is 0 Å². The number of sulfonamides is 1. The Balaban J connectivity index is 1.85. The van der Waals surface area contributed by atoms with Gasteiger partial charge in [0.2, 0.25) is 10.0 Å². The van der Waals surface area contributed by atoms with Gasteiger partial charge in [0.1, 0.15) is 0 Å². The van der Waals surface area contributed by atoms with Crippen molar-refractivity contribution in [1.29, 1.82) is 0 Å². The maximum atomic E-state index is 11.6. The van der Waals surface area contributed by atoms with Crippen LogP contribution in [0, 0.1) is 0 Å². The zero-order chi connectivity index (χ0) is 10.2. The topological polar surface area (TPSA) is 72.2 Å². The van der Waals surface area contributed by atoms with E-state index in [0.29, 0.717) is 0 Å². The summed E-state index contributed by atoms with van der Waals surface area (Å²) in [5.41, 5.74) is 5.76. The van der Waals surface area contributed by atoms with Crippen LogP contribution in [0.25, 0.3) is 0 Å². The third-order valence-electron chi connectivity index (χ3n) is 3.07. The molecule has 2 rings (SSSR count). The molecule has 3 N–H and O–H groups in total. The number of hydrogen-bond acceptors (Lipinski definition) is 3. The second kappa shape index (κ2) is 3.79. The first kappa shape index (κ1) is 10.4. The van der Waals surface area contributed by atoms with Gasteiger partial charge in [0, 0.05) is 12.1 Å². The Labute approximate surface area is 85.3 Å². The van der Waals surface area contributed by atoms with Crippen LogP contribution in [0.1, 0.15) is 38.5 Å².